The minimum atomic E-state index is 0.0183. The molecule has 1 fully saturated rings. The van der Waals surface area contributed by atoms with Gasteiger partial charge in [-0.15, -0.1) is 0 Å². The van der Waals surface area contributed by atoms with Crippen molar-refractivity contribution in [3.8, 4) is 0 Å². The third-order valence-electron chi connectivity index (χ3n) is 3.01. The molecule has 0 spiro atoms. The number of piperidine rings is 1. The molecule has 84 valence electrons. The zero-order valence-corrected chi connectivity index (χ0v) is 10.1. The number of hydrogen-bond donors (Lipinski definition) is 0. The van der Waals surface area contributed by atoms with Crippen LogP contribution in [0.4, 0.5) is 0 Å². The molecule has 0 saturated carbocycles. The molecule has 0 bridgehead atoms. The van der Waals surface area contributed by atoms with Crippen molar-refractivity contribution in [2.45, 2.75) is 18.9 Å². The fraction of sp³-hybridized carbons (Fsp3) is 0.800. The predicted molar refractivity (Wildman–Crippen MR) is 63.2 cm³/mol. The van der Waals surface area contributed by atoms with Gasteiger partial charge in [0.05, 0.1) is 5.75 Å². The van der Waals surface area contributed by atoms with E-state index >= 15 is 0 Å². The molecule has 1 saturated heterocycles. The summed E-state index contributed by atoms with van der Waals surface area (Å²) in [5, 5.41) is 0.942. The fourth-order valence-corrected chi connectivity index (χ4v) is 2.88. The highest BCUT2D eigenvalue weighted by Crippen LogP contribution is 2.21. The Bertz CT molecular complexity index is 282. The lowest BCUT2D eigenvalue weighted by atomic mass is 10.1. The number of amides is 1. The Labute approximate surface area is 94.7 Å². The van der Waals surface area contributed by atoms with Crippen LogP contribution < -0.4 is 0 Å². The zero-order valence-electron chi connectivity index (χ0n) is 9.27. The number of nitrogens with zero attached hydrogens (tertiary/aromatic N) is 3. The standard InChI is InChI=1S/C10H17N3OS/c1-12(2)8-3-5-13(6-4-8)10-11-9(14)7-15-10/h8H,3-7H2,1-2H3. The predicted octanol–water partition coefficient (Wildman–Crippen LogP) is 0.642. The Hall–Kier alpha value is -0.550. The van der Waals surface area contributed by atoms with Crippen LogP contribution in [0.15, 0.2) is 4.99 Å². The molecule has 15 heavy (non-hydrogen) atoms. The van der Waals surface area contributed by atoms with E-state index in [-0.39, 0.29) is 5.91 Å². The van der Waals surface area contributed by atoms with Gasteiger partial charge in [0.1, 0.15) is 0 Å². The van der Waals surface area contributed by atoms with Crippen LogP contribution in [0.25, 0.3) is 0 Å². The molecule has 2 aliphatic rings. The van der Waals surface area contributed by atoms with Crippen molar-refractivity contribution in [2.24, 2.45) is 4.99 Å². The molecule has 2 aliphatic heterocycles. The second kappa shape index (κ2) is 4.53. The van der Waals surface area contributed by atoms with Gasteiger partial charge in [0.2, 0.25) is 0 Å². The number of likely N-dealkylation sites (tertiary alicyclic amines) is 1. The van der Waals surface area contributed by atoms with Gasteiger partial charge >= 0.3 is 0 Å². The van der Waals surface area contributed by atoms with Gasteiger partial charge in [-0.1, -0.05) is 11.8 Å². The minimum Gasteiger partial charge on any atom is -0.351 e. The van der Waals surface area contributed by atoms with Crippen LogP contribution in [0.5, 0.6) is 0 Å². The molecule has 0 N–H and O–H groups in total. The maximum atomic E-state index is 11.0. The lowest BCUT2D eigenvalue weighted by Gasteiger charge is -2.35. The second-order valence-electron chi connectivity index (χ2n) is 4.26. The Morgan fingerprint density at radius 3 is 2.53 bits per heavy atom. The topological polar surface area (TPSA) is 35.9 Å². The third-order valence-corrected chi connectivity index (χ3v) is 4.01. The van der Waals surface area contributed by atoms with Crippen molar-refractivity contribution in [2.75, 3.05) is 32.9 Å². The van der Waals surface area contributed by atoms with Gasteiger partial charge in [-0.05, 0) is 26.9 Å². The van der Waals surface area contributed by atoms with Gasteiger partial charge in [0, 0.05) is 19.1 Å². The lowest BCUT2D eigenvalue weighted by Crippen LogP contribution is -2.43. The van der Waals surface area contributed by atoms with Crippen LogP contribution >= 0.6 is 11.8 Å². The molecule has 0 aromatic carbocycles. The van der Waals surface area contributed by atoms with Gasteiger partial charge in [-0.25, -0.2) is 0 Å². The molecule has 0 unspecified atom stereocenters. The SMILES string of the molecule is CN(C)C1CCN(C2=NC(=O)CS2)CC1. The molecule has 5 heteroatoms. The van der Waals surface area contributed by atoms with E-state index in [1.807, 2.05) is 0 Å². The Kier molecular flexibility index (Phi) is 3.31. The number of hydrogen-bond acceptors (Lipinski definition) is 4. The summed E-state index contributed by atoms with van der Waals surface area (Å²) in [6.07, 6.45) is 2.33. The normalized spacial score (nSPS) is 23.8. The average Bonchev–Trinajstić information content (AvgIpc) is 2.65. The molecular weight excluding hydrogens is 210 g/mol. The van der Waals surface area contributed by atoms with Crippen LogP contribution in [0.1, 0.15) is 12.8 Å². The number of amidine groups is 1. The molecule has 0 atom stereocenters. The van der Waals surface area contributed by atoms with Gasteiger partial charge in [0.25, 0.3) is 5.91 Å². The Morgan fingerprint density at radius 2 is 2.07 bits per heavy atom. The number of carbonyl (C=O) groups excluding carboxylic acids is 1. The number of rotatable bonds is 1. The summed E-state index contributed by atoms with van der Waals surface area (Å²) < 4.78 is 0. The summed E-state index contributed by atoms with van der Waals surface area (Å²) in [6, 6.07) is 0.684. The number of carbonyl (C=O) groups is 1. The van der Waals surface area contributed by atoms with Gasteiger partial charge in [-0.3, -0.25) is 4.79 Å². The van der Waals surface area contributed by atoms with Gasteiger partial charge in [-0.2, -0.15) is 4.99 Å². The number of aliphatic imine (C=N–C) groups is 1. The Balaban J connectivity index is 1.88. The molecule has 0 aromatic heterocycles. The fourth-order valence-electron chi connectivity index (χ4n) is 2.03. The quantitative estimate of drug-likeness (QED) is 0.659. The van der Waals surface area contributed by atoms with Crippen molar-refractivity contribution >= 4 is 22.8 Å². The first-order chi connectivity index (χ1) is 7.16. The molecule has 0 radical (unpaired) electrons. The summed E-state index contributed by atoms with van der Waals surface area (Å²) in [5.74, 6) is 0.549. The molecule has 1 amide bonds. The molecular formula is C10H17N3OS. The second-order valence-corrected chi connectivity index (χ2v) is 5.20. The summed E-state index contributed by atoms with van der Waals surface area (Å²) in [5.41, 5.74) is 0. The van der Waals surface area contributed by atoms with E-state index in [0.717, 1.165) is 18.3 Å². The molecule has 2 rings (SSSR count). The maximum Gasteiger partial charge on any atom is 0.258 e. The van der Waals surface area contributed by atoms with Gasteiger partial charge in [0.15, 0.2) is 5.17 Å². The summed E-state index contributed by atoms with van der Waals surface area (Å²) in [7, 11) is 4.26. The van der Waals surface area contributed by atoms with Crippen LogP contribution in [0.3, 0.4) is 0 Å². The van der Waals surface area contributed by atoms with E-state index in [9.17, 15) is 4.79 Å². The first-order valence-corrected chi connectivity index (χ1v) is 6.31. The van der Waals surface area contributed by atoms with E-state index < -0.39 is 0 Å². The van der Waals surface area contributed by atoms with Crippen LogP contribution in [-0.4, -0.2) is 59.9 Å². The third kappa shape index (κ3) is 2.52. The first-order valence-electron chi connectivity index (χ1n) is 5.32. The molecule has 0 aromatic rings. The Morgan fingerprint density at radius 1 is 1.40 bits per heavy atom. The van der Waals surface area contributed by atoms with Crippen LogP contribution in [-0.2, 0) is 4.79 Å². The monoisotopic (exact) mass is 227 g/mol. The largest absolute Gasteiger partial charge is 0.351 e. The highest BCUT2D eigenvalue weighted by Gasteiger charge is 2.26. The van der Waals surface area contributed by atoms with E-state index in [1.54, 1.807) is 11.8 Å². The maximum absolute atomic E-state index is 11.0. The van der Waals surface area contributed by atoms with Crippen molar-refractivity contribution in [1.29, 1.82) is 0 Å². The van der Waals surface area contributed by atoms with E-state index in [0.29, 0.717) is 11.8 Å². The van der Waals surface area contributed by atoms with Crippen LogP contribution in [0.2, 0.25) is 0 Å². The van der Waals surface area contributed by atoms with Gasteiger partial charge < -0.3 is 9.80 Å². The summed E-state index contributed by atoms with van der Waals surface area (Å²) in [4.78, 5) is 19.6. The van der Waals surface area contributed by atoms with Crippen molar-refractivity contribution in [3.63, 3.8) is 0 Å². The number of thioether (sulfide) groups is 1. The highest BCUT2D eigenvalue weighted by molar-refractivity contribution is 8.14. The van der Waals surface area contributed by atoms with Crippen LogP contribution in [0, 0.1) is 0 Å². The lowest BCUT2D eigenvalue weighted by molar-refractivity contribution is -0.115. The molecule has 4 nitrogen and oxygen atoms in total. The molecule has 2 heterocycles. The smallest absolute Gasteiger partial charge is 0.258 e. The summed E-state index contributed by atoms with van der Waals surface area (Å²) >= 11 is 1.58. The van der Waals surface area contributed by atoms with Crippen molar-refractivity contribution in [1.82, 2.24) is 9.80 Å². The summed E-state index contributed by atoms with van der Waals surface area (Å²) in [6.45, 7) is 2.06. The zero-order chi connectivity index (χ0) is 10.8. The first kappa shape index (κ1) is 11.0. The van der Waals surface area contributed by atoms with Crippen molar-refractivity contribution < 1.29 is 4.79 Å². The van der Waals surface area contributed by atoms with Crippen molar-refractivity contribution in [3.05, 3.63) is 0 Å². The van der Waals surface area contributed by atoms with E-state index in [4.69, 9.17) is 0 Å². The minimum absolute atomic E-state index is 0.0183. The molecule has 0 aliphatic carbocycles. The highest BCUT2D eigenvalue weighted by atomic mass is 32.2. The van der Waals surface area contributed by atoms with E-state index in [1.165, 1.54) is 12.8 Å². The average molecular weight is 227 g/mol. The van der Waals surface area contributed by atoms with E-state index in [2.05, 4.69) is 28.9 Å².